The fraction of sp³-hybridized carbons (Fsp3) is 0.0769. The van der Waals surface area contributed by atoms with Crippen molar-refractivity contribution in [2.24, 2.45) is 0 Å². The van der Waals surface area contributed by atoms with Crippen molar-refractivity contribution in [3.8, 4) is 11.4 Å². The average molecular weight is 320 g/mol. The third-order valence-electron chi connectivity index (χ3n) is 2.71. The van der Waals surface area contributed by atoms with Crippen LogP contribution in [0.2, 0.25) is 0 Å². The predicted molar refractivity (Wildman–Crippen MR) is 79.7 cm³/mol. The Kier molecular flexibility index (Phi) is 2.80. The third-order valence-corrected chi connectivity index (χ3v) is 4.21. The van der Waals surface area contributed by atoms with E-state index in [0.717, 1.165) is 25.8 Å². The molecule has 0 amide bonds. The molecule has 0 bridgehead atoms. The van der Waals surface area contributed by atoms with Gasteiger partial charge in [0.05, 0.1) is 9.30 Å². The lowest BCUT2D eigenvalue weighted by Gasteiger charge is -2.04. The molecule has 3 aromatic rings. The SMILES string of the molecule is Cc1ccc2nc(-c3csc(Br)c3)nc(N)c2c1. The molecule has 0 radical (unpaired) electrons. The van der Waals surface area contributed by atoms with E-state index in [1.165, 1.54) is 0 Å². The highest BCUT2D eigenvalue weighted by molar-refractivity contribution is 9.11. The number of aromatic nitrogens is 2. The van der Waals surface area contributed by atoms with Gasteiger partial charge in [0.15, 0.2) is 5.82 Å². The number of fused-ring (bicyclic) bond motifs is 1. The molecular formula is C13H10BrN3S. The molecule has 3 nitrogen and oxygen atoms in total. The van der Waals surface area contributed by atoms with Crippen molar-refractivity contribution in [3.63, 3.8) is 0 Å². The highest BCUT2D eigenvalue weighted by Crippen LogP contribution is 2.29. The Morgan fingerprint density at radius 3 is 2.78 bits per heavy atom. The first-order valence-electron chi connectivity index (χ1n) is 5.42. The van der Waals surface area contributed by atoms with Crippen LogP contribution in [0.1, 0.15) is 5.56 Å². The molecule has 90 valence electrons. The summed E-state index contributed by atoms with van der Waals surface area (Å²) in [5.74, 6) is 1.20. The largest absolute Gasteiger partial charge is 0.383 e. The summed E-state index contributed by atoms with van der Waals surface area (Å²) in [6.45, 7) is 2.03. The van der Waals surface area contributed by atoms with Crippen LogP contribution >= 0.6 is 27.3 Å². The Hall–Kier alpha value is -1.46. The Labute approximate surface area is 117 Å². The molecule has 0 fully saturated rings. The number of anilines is 1. The summed E-state index contributed by atoms with van der Waals surface area (Å²) in [6, 6.07) is 8.02. The number of thiophene rings is 1. The molecule has 5 heteroatoms. The number of rotatable bonds is 1. The highest BCUT2D eigenvalue weighted by atomic mass is 79.9. The zero-order valence-electron chi connectivity index (χ0n) is 9.64. The molecule has 0 unspecified atom stereocenters. The lowest BCUT2D eigenvalue weighted by Crippen LogP contribution is -1.97. The molecule has 0 aliphatic carbocycles. The Balaban J connectivity index is 2.24. The van der Waals surface area contributed by atoms with Crippen LogP contribution in [0.4, 0.5) is 5.82 Å². The second-order valence-corrected chi connectivity index (χ2v) is 6.38. The Bertz CT molecular complexity index is 736. The van der Waals surface area contributed by atoms with Crippen LogP contribution in [0.15, 0.2) is 33.4 Å². The van der Waals surface area contributed by atoms with Gasteiger partial charge in [0.25, 0.3) is 0 Å². The van der Waals surface area contributed by atoms with Crippen molar-refractivity contribution in [1.29, 1.82) is 0 Å². The summed E-state index contributed by atoms with van der Waals surface area (Å²) in [4.78, 5) is 8.93. The molecule has 0 atom stereocenters. The van der Waals surface area contributed by atoms with E-state index in [4.69, 9.17) is 5.73 Å². The van der Waals surface area contributed by atoms with Gasteiger partial charge in [-0.25, -0.2) is 9.97 Å². The first-order chi connectivity index (χ1) is 8.63. The van der Waals surface area contributed by atoms with Crippen LogP contribution < -0.4 is 5.73 Å². The number of benzene rings is 1. The van der Waals surface area contributed by atoms with E-state index < -0.39 is 0 Å². The molecule has 0 saturated carbocycles. The van der Waals surface area contributed by atoms with E-state index in [1.807, 2.05) is 36.6 Å². The number of hydrogen-bond donors (Lipinski definition) is 1. The second kappa shape index (κ2) is 4.33. The second-order valence-electron chi connectivity index (χ2n) is 4.09. The maximum Gasteiger partial charge on any atom is 0.163 e. The zero-order chi connectivity index (χ0) is 12.7. The van der Waals surface area contributed by atoms with Crippen LogP contribution in [-0.2, 0) is 0 Å². The van der Waals surface area contributed by atoms with Crippen LogP contribution in [0, 0.1) is 6.92 Å². The fourth-order valence-corrected chi connectivity index (χ4v) is 2.96. The van der Waals surface area contributed by atoms with E-state index in [9.17, 15) is 0 Å². The lowest BCUT2D eigenvalue weighted by atomic mass is 10.1. The summed E-state index contributed by atoms with van der Waals surface area (Å²) in [7, 11) is 0. The normalized spacial score (nSPS) is 11.0. The maximum absolute atomic E-state index is 6.01. The molecule has 0 aliphatic rings. The van der Waals surface area contributed by atoms with Gasteiger partial charge >= 0.3 is 0 Å². The maximum atomic E-state index is 6.01. The number of halogens is 1. The van der Waals surface area contributed by atoms with Crippen LogP contribution in [0.5, 0.6) is 0 Å². The minimum atomic E-state index is 0.529. The topological polar surface area (TPSA) is 51.8 Å². The van der Waals surface area contributed by atoms with E-state index in [-0.39, 0.29) is 0 Å². The molecule has 2 N–H and O–H groups in total. The molecular weight excluding hydrogens is 310 g/mol. The zero-order valence-corrected chi connectivity index (χ0v) is 12.0. The van der Waals surface area contributed by atoms with Crippen molar-refractivity contribution in [2.75, 3.05) is 5.73 Å². The van der Waals surface area contributed by atoms with Gasteiger partial charge in [-0.2, -0.15) is 0 Å². The van der Waals surface area contributed by atoms with Gasteiger partial charge in [0, 0.05) is 16.3 Å². The summed E-state index contributed by atoms with van der Waals surface area (Å²) in [5.41, 5.74) is 9.03. The molecule has 0 aliphatic heterocycles. The van der Waals surface area contributed by atoms with Crippen LogP contribution in [0.3, 0.4) is 0 Å². The van der Waals surface area contributed by atoms with E-state index >= 15 is 0 Å². The molecule has 18 heavy (non-hydrogen) atoms. The Morgan fingerprint density at radius 1 is 1.22 bits per heavy atom. The third kappa shape index (κ3) is 2.00. The molecule has 0 spiro atoms. The number of nitrogens with zero attached hydrogens (tertiary/aromatic N) is 2. The first-order valence-corrected chi connectivity index (χ1v) is 7.09. The minimum absolute atomic E-state index is 0.529. The molecule has 1 aromatic carbocycles. The number of nitrogen functional groups attached to an aromatic ring is 1. The molecule has 0 saturated heterocycles. The molecule has 2 heterocycles. The fourth-order valence-electron chi connectivity index (χ4n) is 1.82. The predicted octanol–water partition coefficient (Wildman–Crippen LogP) is 4.01. The van der Waals surface area contributed by atoms with Gasteiger partial charge in [0.2, 0.25) is 0 Å². The molecule has 3 rings (SSSR count). The molecule has 2 aromatic heterocycles. The number of aryl methyl sites for hydroxylation is 1. The Morgan fingerprint density at radius 2 is 2.06 bits per heavy atom. The van der Waals surface area contributed by atoms with Gasteiger partial charge in [-0.3, -0.25) is 0 Å². The lowest BCUT2D eigenvalue weighted by molar-refractivity contribution is 1.23. The van der Waals surface area contributed by atoms with Gasteiger partial charge in [0.1, 0.15) is 5.82 Å². The standard InChI is InChI=1S/C13H10BrN3S/c1-7-2-3-10-9(4-7)12(15)17-13(16-10)8-5-11(14)18-6-8/h2-6H,1H3,(H2,15,16,17). The van der Waals surface area contributed by atoms with Crippen LogP contribution in [-0.4, -0.2) is 9.97 Å². The van der Waals surface area contributed by atoms with Crippen molar-refractivity contribution >= 4 is 44.0 Å². The summed E-state index contributed by atoms with van der Waals surface area (Å²) < 4.78 is 1.06. The highest BCUT2D eigenvalue weighted by Gasteiger charge is 2.08. The summed E-state index contributed by atoms with van der Waals surface area (Å²) in [6.07, 6.45) is 0. The smallest absolute Gasteiger partial charge is 0.163 e. The van der Waals surface area contributed by atoms with Crippen molar-refractivity contribution in [1.82, 2.24) is 9.97 Å². The van der Waals surface area contributed by atoms with E-state index in [0.29, 0.717) is 11.6 Å². The minimum Gasteiger partial charge on any atom is -0.383 e. The number of hydrogen-bond acceptors (Lipinski definition) is 4. The van der Waals surface area contributed by atoms with E-state index in [1.54, 1.807) is 11.3 Å². The van der Waals surface area contributed by atoms with Crippen molar-refractivity contribution < 1.29 is 0 Å². The van der Waals surface area contributed by atoms with Gasteiger partial charge < -0.3 is 5.73 Å². The summed E-state index contributed by atoms with van der Waals surface area (Å²) >= 11 is 5.05. The van der Waals surface area contributed by atoms with Gasteiger partial charge in [-0.05, 0) is 41.1 Å². The van der Waals surface area contributed by atoms with Gasteiger partial charge in [-0.1, -0.05) is 11.6 Å². The van der Waals surface area contributed by atoms with E-state index in [2.05, 4.69) is 25.9 Å². The monoisotopic (exact) mass is 319 g/mol. The number of nitrogens with two attached hydrogens (primary N) is 1. The average Bonchev–Trinajstić information content (AvgIpc) is 2.77. The van der Waals surface area contributed by atoms with Crippen molar-refractivity contribution in [3.05, 3.63) is 39.0 Å². The van der Waals surface area contributed by atoms with Gasteiger partial charge in [-0.15, -0.1) is 11.3 Å². The summed E-state index contributed by atoms with van der Waals surface area (Å²) in [5, 5.41) is 2.92. The first kappa shape index (κ1) is 11.6. The quantitative estimate of drug-likeness (QED) is 0.737. The van der Waals surface area contributed by atoms with Crippen LogP contribution in [0.25, 0.3) is 22.3 Å². The van der Waals surface area contributed by atoms with Crippen molar-refractivity contribution in [2.45, 2.75) is 6.92 Å².